The van der Waals surface area contributed by atoms with Gasteiger partial charge in [-0.25, -0.2) is 4.68 Å². The number of rotatable bonds is 4. The van der Waals surface area contributed by atoms with E-state index in [4.69, 9.17) is 5.84 Å². The SMILES string of the molecule is Cc1ccc(CSc2nnc(C3CCCCC3)n2N)cc1C. The summed E-state index contributed by atoms with van der Waals surface area (Å²) < 4.78 is 1.71. The lowest BCUT2D eigenvalue weighted by Crippen LogP contribution is -2.18. The Morgan fingerprint density at radius 1 is 1.14 bits per heavy atom. The molecular formula is C17H24N4S. The van der Waals surface area contributed by atoms with Gasteiger partial charge < -0.3 is 5.84 Å². The normalized spacial score (nSPS) is 16.1. The summed E-state index contributed by atoms with van der Waals surface area (Å²) in [5.74, 6) is 8.55. The van der Waals surface area contributed by atoms with Crippen molar-refractivity contribution in [2.75, 3.05) is 5.84 Å². The molecule has 1 aromatic heterocycles. The van der Waals surface area contributed by atoms with Crippen LogP contribution in [-0.2, 0) is 5.75 Å². The Morgan fingerprint density at radius 2 is 1.91 bits per heavy atom. The minimum absolute atomic E-state index is 0.488. The second kappa shape index (κ2) is 6.73. The average molecular weight is 316 g/mol. The summed E-state index contributed by atoms with van der Waals surface area (Å²) >= 11 is 1.66. The highest BCUT2D eigenvalue weighted by atomic mass is 32.2. The molecule has 0 saturated heterocycles. The first-order valence-corrected chi connectivity index (χ1v) is 9.03. The lowest BCUT2D eigenvalue weighted by Gasteiger charge is -2.20. The second-order valence-corrected chi connectivity index (χ2v) is 7.20. The van der Waals surface area contributed by atoms with Crippen molar-refractivity contribution in [3.63, 3.8) is 0 Å². The molecule has 5 heteroatoms. The first kappa shape index (κ1) is 15.4. The van der Waals surface area contributed by atoms with Crippen molar-refractivity contribution in [2.24, 2.45) is 0 Å². The number of thioether (sulfide) groups is 1. The monoisotopic (exact) mass is 316 g/mol. The topological polar surface area (TPSA) is 56.7 Å². The van der Waals surface area contributed by atoms with Crippen LogP contribution in [0.4, 0.5) is 0 Å². The van der Waals surface area contributed by atoms with Gasteiger partial charge in [0.2, 0.25) is 5.16 Å². The van der Waals surface area contributed by atoms with Crippen LogP contribution in [0.5, 0.6) is 0 Å². The third-order valence-electron chi connectivity index (χ3n) is 4.60. The predicted molar refractivity (Wildman–Crippen MR) is 91.5 cm³/mol. The van der Waals surface area contributed by atoms with Crippen LogP contribution in [0.2, 0.25) is 0 Å². The van der Waals surface area contributed by atoms with Crippen molar-refractivity contribution in [2.45, 2.75) is 62.8 Å². The molecule has 0 spiro atoms. The zero-order valence-electron chi connectivity index (χ0n) is 13.4. The molecule has 0 radical (unpaired) electrons. The van der Waals surface area contributed by atoms with Gasteiger partial charge in [0.1, 0.15) is 0 Å². The minimum Gasteiger partial charge on any atom is -0.336 e. The van der Waals surface area contributed by atoms with Crippen molar-refractivity contribution in [1.82, 2.24) is 14.9 Å². The van der Waals surface area contributed by atoms with Gasteiger partial charge in [-0.1, -0.05) is 49.2 Å². The van der Waals surface area contributed by atoms with Crippen molar-refractivity contribution in [1.29, 1.82) is 0 Å². The number of nitrogen functional groups attached to an aromatic ring is 1. The molecule has 2 N–H and O–H groups in total. The van der Waals surface area contributed by atoms with Gasteiger partial charge in [-0.15, -0.1) is 10.2 Å². The molecule has 0 atom stereocenters. The van der Waals surface area contributed by atoms with E-state index in [2.05, 4.69) is 42.2 Å². The van der Waals surface area contributed by atoms with E-state index in [9.17, 15) is 0 Å². The molecule has 1 aromatic carbocycles. The Morgan fingerprint density at radius 3 is 2.64 bits per heavy atom. The van der Waals surface area contributed by atoms with Gasteiger partial charge in [0, 0.05) is 11.7 Å². The number of hydrogen-bond donors (Lipinski definition) is 1. The van der Waals surface area contributed by atoms with Crippen LogP contribution in [0, 0.1) is 13.8 Å². The smallest absolute Gasteiger partial charge is 0.210 e. The number of benzene rings is 1. The van der Waals surface area contributed by atoms with E-state index in [-0.39, 0.29) is 0 Å². The van der Waals surface area contributed by atoms with Crippen LogP contribution < -0.4 is 5.84 Å². The Bertz CT molecular complexity index is 644. The summed E-state index contributed by atoms with van der Waals surface area (Å²) in [5, 5.41) is 9.47. The van der Waals surface area contributed by atoms with Gasteiger partial charge >= 0.3 is 0 Å². The third-order valence-corrected chi connectivity index (χ3v) is 5.61. The Kier molecular flexibility index (Phi) is 4.71. The molecule has 0 bridgehead atoms. The van der Waals surface area contributed by atoms with Gasteiger partial charge in [-0.3, -0.25) is 0 Å². The highest BCUT2D eigenvalue weighted by Gasteiger charge is 2.22. The molecule has 1 heterocycles. The Labute approximate surface area is 136 Å². The zero-order chi connectivity index (χ0) is 15.5. The number of nitrogens with two attached hydrogens (primary N) is 1. The Balaban J connectivity index is 1.67. The number of nitrogens with zero attached hydrogens (tertiary/aromatic N) is 3. The van der Waals surface area contributed by atoms with Crippen molar-refractivity contribution >= 4 is 11.8 Å². The van der Waals surface area contributed by atoms with E-state index in [0.717, 1.165) is 16.7 Å². The molecule has 22 heavy (non-hydrogen) atoms. The first-order valence-electron chi connectivity index (χ1n) is 8.04. The average Bonchev–Trinajstić information content (AvgIpc) is 2.90. The molecule has 118 valence electrons. The molecule has 4 nitrogen and oxygen atoms in total. The number of aromatic nitrogens is 3. The van der Waals surface area contributed by atoms with Crippen LogP contribution >= 0.6 is 11.8 Å². The van der Waals surface area contributed by atoms with E-state index in [0.29, 0.717) is 5.92 Å². The number of hydrogen-bond acceptors (Lipinski definition) is 4. The maximum absolute atomic E-state index is 6.22. The molecule has 0 unspecified atom stereocenters. The van der Waals surface area contributed by atoms with Gasteiger partial charge in [0.05, 0.1) is 0 Å². The van der Waals surface area contributed by atoms with Crippen LogP contribution in [0.1, 0.15) is 60.5 Å². The maximum Gasteiger partial charge on any atom is 0.210 e. The first-order chi connectivity index (χ1) is 10.6. The van der Waals surface area contributed by atoms with E-state index in [1.54, 1.807) is 16.4 Å². The molecule has 1 fully saturated rings. The highest BCUT2D eigenvalue weighted by molar-refractivity contribution is 7.98. The fourth-order valence-corrected chi connectivity index (χ4v) is 3.87. The molecule has 1 aliphatic carbocycles. The molecule has 1 saturated carbocycles. The van der Waals surface area contributed by atoms with E-state index in [1.807, 2.05) is 0 Å². The summed E-state index contributed by atoms with van der Waals surface area (Å²) in [7, 11) is 0. The van der Waals surface area contributed by atoms with Gasteiger partial charge in [0.15, 0.2) is 5.82 Å². The van der Waals surface area contributed by atoms with Gasteiger partial charge in [-0.2, -0.15) is 0 Å². The molecule has 3 rings (SSSR count). The third kappa shape index (κ3) is 3.29. The number of aryl methyl sites for hydroxylation is 2. The minimum atomic E-state index is 0.488. The molecule has 2 aromatic rings. The van der Waals surface area contributed by atoms with Crippen LogP contribution in [0.25, 0.3) is 0 Å². The summed E-state index contributed by atoms with van der Waals surface area (Å²) in [6.07, 6.45) is 6.28. The molecule has 0 aliphatic heterocycles. The fraction of sp³-hybridized carbons (Fsp3) is 0.529. The zero-order valence-corrected chi connectivity index (χ0v) is 14.2. The van der Waals surface area contributed by atoms with Crippen molar-refractivity contribution in [3.8, 4) is 0 Å². The van der Waals surface area contributed by atoms with Gasteiger partial charge in [0.25, 0.3) is 0 Å². The fourth-order valence-electron chi connectivity index (χ4n) is 3.07. The molecule has 0 amide bonds. The summed E-state index contributed by atoms with van der Waals surface area (Å²) in [5.41, 5.74) is 3.96. The van der Waals surface area contributed by atoms with Crippen molar-refractivity contribution in [3.05, 3.63) is 40.7 Å². The van der Waals surface area contributed by atoms with Crippen LogP contribution in [0.15, 0.2) is 23.4 Å². The lowest BCUT2D eigenvalue weighted by molar-refractivity contribution is 0.421. The maximum atomic E-state index is 6.22. The largest absolute Gasteiger partial charge is 0.336 e. The van der Waals surface area contributed by atoms with Gasteiger partial charge in [-0.05, 0) is 43.4 Å². The van der Waals surface area contributed by atoms with Crippen LogP contribution in [0.3, 0.4) is 0 Å². The standard InChI is InChI=1S/C17H24N4S/c1-12-8-9-14(10-13(12)2)11-22-17-20-19-16(21(17)18)15-6-4-3-5-7-15/h8-10,15H,3-7,11,18H2,1-2H3. The van der Waals surface area contributed by atoms with E-state index < -0.39 is 0 Å². The lowest BCUT2D eigenvalue weighted by atomic mass is 9.89. The summed E-state index contributed by atoms with van der Waals surface area (Å²) in [4.78, 5) is 0. The second-order valence-electron chi connectivity index (χ2n) is 6.25. The van der Waals surface area contributed by atoms with E-state index >= 15 is 0 Å². The molecular weight excluding hydrogens is 292 g/mol. The summed E-state index contributed by atoms with van der Waals surface area (Å²) in [6.45, 7) is 4.29. The van der Waals surface area contributed by atoms with Crippen LogP contribution in [-0.4, -0.2) is 14.9 Å². The predicted octanol–water partition coefficient (Wildman–Crippen LogP) is 3.95. The van der Waals surface area contributed by atoms with Crippen molar-refractivity contribution < 1.29 is 0 Å². The van der Waals surface area contributed by atoms with E-state index in [1.165, 1.54) is 48.8 Å². The summed E-state index contributed by atoms with van der Waals surface area (Å²) in [6, 6.07) is 6.59. The quantitative estimate of drug-likeness (QED) is 0.685. The Hall–Kier alpha value is -1.49. The molecule has 1 aliphatic rings. The highest BCUT2D eigenvalue weighted by Crippen LogP contribution is 2.32.